The number of carbonyl (C=O) groups excluding carboxylic acids is 2. The van der Waals surface area contributed by atoms with E-state index in [1.807, 2.05) is 0 Å². The van der Waals surface area contributed by atoms with Gasteiger partial charge in [0.2, 0.25) is 11.6 Å². The number of halogens is 3. The minimum atomic E-state index is -1.13. The molecule has 0 fully saturated rings. The third-order valence-electron chi connectivity index (χ3n) is 2.73. The van der Waals surface area contributed by atoms with E-state index >= 15 is 0 Å². The Bertz CT molecular complexity index is 653. The van der Waals surface area contributed by atoms with Crippen molar-refractivity contribution in [3.63, 3.8) is 0 Å². The van der Waals surface area contributed by atoms with E-state index in [1.54, 1.807) is 42.5 Å². The van der Waals surface area contributed by atoms with Gasteiger partial charge in [-0.3, -0.25) is 9.59 Å². The molecule has 1 unspecified atom stereocenters. The van der Waals surface area contributed by atoms with Crippen molar-refractivity contribution < 1.29 is 9.59 Å². The lowest BCUT2D eigenvalue weighted by Gasteiger charge is -2.10. The smallest absolute Gasteiger partial charge is 0.230 e. The van der Waals surface area contributed by atoms with Crippen LogP contribution in [0, 0.1) is 0 Å². The molecule has 0 amide bonds. The Morgan fingerprint density at radius 2 is 1.60 bits per heavy atom. The van der Waals surface area contributed by atoms with E-state index in [-0.39, 0.29) is 5.02 Å². The summed E-state index contributed by atoms with van der Waals surface area (Å²) in [5.74, 6) is -1.36. The van der Waals surface area contributed by atoms with Crippen molar-refractivity contribution in [1.82, 2.24) is 0 Å². The predicted octanol–water partition coefficient (Wildman–Crippen LogP) is 4.73. The van der Waals surface area contributed by atoms with Crippen molar-refractivity contribution >= 4 is 46.4 Å². The zero-order valence-corrected chi connectivity index (χ0v) is 12.4. The molecule has 2 nitrogen and oxygen atoms in total. The van der Waals surface area contributed by atoms with Crippen molar-refractivity contribution in [2.75, 3.05) is 0 Å². The summed E-state index contributed by atoms with van der Waals surface area (Å²) in [7, 11) is 0. The van der Waals surface area contributed by atoms with Crippen LogP contribution in [0.3, 0.4) is 0 Å². The number of rotatable bonds is 4. The quantitative estimate of drug-likeness (QED) is 0.462. The monoisotopic (exact) mass is 326 g/mol. The second kappa shape index (κ2) is 6.40. The molecule has 0 saturated carbocycles. The molecule has 0 saturated heterocycles. The first-order valence-electron chi connectivity index (χ1n) is 5.73. The molecule has 2 aromatic rings. The largest absolute Gasteiger partial charge is 0.288 e. The maximum atomic E-state index is 12.1. The number of Topliss-reactive ketones (excluding diaryl/α,β-unsaturated/α-hetero) is 2. The average molecular weight is 328 g/mol. The second-order valence-electron chi connectivity index (χ2n) is 4.09. The van der Waals surface area contributed by atoms with Gasteiger partial charge in [0.25, 0.3) is 0 Å². The summed E-state index contributed by atoms with van der Waals surface area (Å²) in [6.45, 7) is 0. The fraction of sp³-hybridized carbons (Fsp3) is 0.0667. The third-order valence-corrected chi connectivity index (χ3v) is 3.72. The van der Waals surface area contributed by atoms with Gasteiger partial charge in [-0.05, 0) is 17.7 Å². The second-order valence-corrected chi connectivity index (χ2v) is 5.37. The van der Waals surface area contributed by atoms with E-state index < -0.39 is 16.9 Å². The number of carbonyl (C=O) groups is 2. The molecule has 0 aromatic heterocycles. The van der Waals surface area contributed by atoms with Gasteiger partial charge in [0.05, 0.1) is 0 Å². The van der Waals surface area contributed by atoms with E-state index in [0.29, 0.717) is 16.1 Å². The summed E-state index contributed by atoms with van der Waals surface area (Å²) in [5, 5.41) is -0.441. The first-order chi connectivity index (χ1) is 9.50. The Balaban J connectivity index is 2.27. The van der Waals surface area contributed by atoms with Gasteiger partial charge in [0, 0.05) is 15.6 Å². The standard InChI is InChI=1S/C15H9Cl3O2/c16-10-6-7-11(12(17)8-10)13(18)15(20)14(19)9-4-2-1-3-5-9/h1-8,13H. The Hall–Kier alpha value is -1.35. The van der Waals surface area contributed by atoms with Crippen LogP contribution in [0.15, 0.2) is 48.5 Å². The highest BCUT2D eigenvalue weighted by Gasteiger charge is 2.27. The van der Waals surface area contributed by atoms with Gasteiger partial charge in [0.15, 0.2) is 0 Å². The van der Waals surface area contributed by atoms with Gasteiger partial charge in [-0.2, -0.15) is 0 Å². The summed E-state index contributed by atoms with van der Waals surface area (Å²) >= 11 is 17.8. The topological polar surface area (TPSA) is 34.1 Å². The lowest BCUT2D eigenvalue weighted by molar-refractivity contribution is -0.114. The lowest BCUT2D eigenvalue weighted by atomic mass is 10.0. The predicted molar refractivity (Wildman–Crippen MR) is 80.8 cm³/mol. The molecule has 0 aliphatic heterocycles. The van der Waals surface area contributed by atoms with E-state index in [1.165, 1.54) is 6.07 Å². The fourth-order valence-electron chi connectivity index (χ4n) is 1.70. The van der Waals surface area contributed by atoms with Gasteiger partial charge in [-0.1, -0.05) is 59.6 Å². The zero-order valence-electron chi connectivity index (χ0n) is 10.1. The molecule has 5 heteroatoms. The summed E-state index contributed by atoms with van der Waals surface area (Å²) in [4.78, 5) is 24.1. The van der Waals surface area contributed by atoms with Gasteiger partial charge >= 0.3 is 0 Å². The van der Waals surface area contributed by atoms with Crippen LogP contribution in [-0.2, 0) is 4.79 Å². The Morgan fingerprint density at radius 3 is 2.20 bits per heavy atom. The number of alkyl halides is 1. The molecule has 1 atom stereocenters. The van der Waals surface area contributed by atoms with Crippen LogP contribution >= 0.6 is 34.8 Å². The van der Waals surface area contributed by atoms with Gasteiger partial charge in [-0.15, -0.1) is 11.6 Å². The Labute approximate surface area is 131 Å². The van der Waals surface area contributed by atoms with Crippen molar-refractivity contribution in [3.05, 3.63) is 69.7 Å². The maximum absolute atomic E-state index is 12.1. The van der Waals surface area contributed by atoms with Crippen molar-refractivity contribution in [1.29, 1.82) is 0 Å². The van der Waals surface area contributed by atoms with Crippen LogP contribution in [-0.4, -0.2) is 11.6 Å². The van der Waals surface area contributed by atoms with Gasteiger partial charge in [-0.25, -0.2) is 0 Å². The highest BCUT2D eigenvalue weighted by molar-refractivity contribution is 6.53. The molecular formula is C15H9Cl3O2. The van der Waals surface area contributed by atoms with Crippen LogP contribution in [0.2, 0.25) is 10.0 Å². The van der Waals surface area contributed by atoms with Gasteiger partial charge < -0.3 is 0 Å². The van der Waals surface area contributed by atoms with E-state index in [9.17, 15) is 9.59 Å². The normalized spacial score (nSPS) is 11.9. The Morgan fingerprint density at radius 1 is 0.950 bits per heavy atom. The maximum Gasteiger partial charge on any atom is 0.230 e. The van der Waals surface area contributed by atoms with Crippen LogP contribution in [0.5, 0.6) is 0 Å². The van der Waals surface area contributed by atoms with E-state index in [2.05, 4.69) is 0 Å². The summed E-state index contributed by atoms with van der Waals surface area (Å²) < 4.78 is 0. The highest BCUT2D eigenvalue weighted by Crippen LogP contribution is 2.31. The Kier molecular flexibility index (Phi) is 4.81. The summed E-state index contributed by atoms with van der Waals surface area (Å²) in [6.07, 6.45) is 0. The molecule has 0 spiro atoms. The van der Waals surface area contributed by atoms with Crippen LogP contribution < -0.4 is 0 Å². The van der Waals surface area contributed by atoms with Crippen molar-refractivity contribution in [2.24, 2.45) is 0 Å². The van der Waals surface area contributed by atoms with Crippen LogP contribution in [0.25, 0.3) is 0 Å². The van der Waals surface area contributed by atoms with Crippen molar-refractivity contribution in [2.45, 2.75) is 5.38 Å². The van der Waals surface area contributed by atoms with Crippen LogP contribution in [0.4, 0.5) is 0 Å². The zero-order chi connectivity index (χ0) is 14.7. The molecule has 102 valence electrons. The number of benzene rings is 2. The molecule has 0 aliphatic carbocycles. The number of hydrogen-bond acceptors (Lipinski definition) is 2. The summed E-state index contributed by atoms with van der Waals surface area (Å²) in [5.41, 5.74) is 0.667. The minimum absolute atomic E-state index is 0.256. The first kappa shape index (κ1) is 15.0. The first-order valence-corrected chi connectivity index (χ1v) is 6.92. The number of ketones is 2. The lowest BCUT2D eigenvalue weighted by Crippen LogP contribution is -2.19. The highest BCUT2D eigenvalue weighted by atomic mass is 35.5. The molecule has 20 heavy (non-hydrogen) atoms. The molecular weight excluding hydrogens is 319 g/mol. The van der Waals surface area contributed by atoms with Crippen molar-refractivity contribution in [3.8, 4) is 0 Å². The fourth-order valence-corrected chi connectivity index (χ4v) is 2.56. The number of hydrogen-bond donors (Lipinski definition) is 0. The molecule has 0 radical (unpaired) electrons. The molecule has 0 N–H and O–H groups in total. The van der Waals surface area contributed by atoms with Gasteiger partial charge in [0.1, 0.15) is 5.38 Å². The SMILES string of the molecule is O=C(C(=O)C(Cl)c1ccc(Cl)cc1Cl)c1ccccc1. The average Bonchev–Trinajstić information content (AvgIpc) is 2.46. The molecule has 0 bridgehead atoms. The third kappa shape index (κ3) is 3.21. The van der Waals surface area contributed by atoms with E-state index in [0.717, 1.165) is 0 Å². The molecule has 2 rings (SSSR count). The molecule has 0 aliphatic rings. The summed E-state index contributed by atoms with van der Waals surface area (Å²) in [6, 6.07) is 12.8. The molecule has 2 aromatic carbocycles. The minimum Gasteiger partial charge on any atom is -0.288 e. The van der Waals surface area contributed by atoms with E-state index in [4.69, 9.17) is 34.8 Å². The van der Waals surface area contributed by atoms with Crippen LogP contribution in [0.1, 0.15) is 21.3 Å². The molecule has 0 heterocycles.